The van der Waals surface area contributed by atoms with Crippen molar-refractivity contribution in [3.05, 3.63) is 191 Å². The highest BCUT2D eigenvalue weighted by Crippen LogP contribution is 2.44. The van der Waals surface area contributed by atoms with E-state index in [-0.39, 0.29) is 0 Å². The molecule has 4 nitrogen and oxygen atoms in total. The predicted octanol–water partition coefficient (Wildman–Crippen LogP) is 16.9. The van der Waals surface area contributed by atoms with Gasteiger partial charge in [0.2, 0.25) is 0 Å². The molecular formula is C57H46N2O2. The Bertz CT molecular complexity index is 3530. The zero-order valence-electron chi connectivity index (χ0n) is 35.6. The van der Waals surface area contributed by atoms with E-state index in [1.807, 2.05) is 0 Å². The molecule has 9 aromatic carbocycles. The number of aryl methyl sites for hydroxylation is 7. The van der Waals surface area contributed by atoms with Gasteiger partial charge in [0, 0.05) is 61.7 Å². The van der Waals surface area contributed by atoms with Crippen LogP contribution in [0.2, 0.25) is 0 Å². The van der Waals surface area contributed by atoms with Gasteiger partial charge in [0.1, 0.15) is 22.3 Å². The van der Waals surface area contributed by atoms with Gasteiger partial charge in [-0.05, 0) is 194 Å². The lowest BCUT2D eigenvalue weighted by atomic mass is 10.0. The minimum atomic E-state index is 0.818. The molecule has 296 valence electrons. The molecule has 0 atom stereocenters. The van der Waals surface area contributed by atoms with E-state index >= 15 is 0 Å². The fourth-order valence-electron chi connectivity index (χ4n) is 9.27. The van der Waals surface area contributed by atoms with Crippen molar-refractivity contribution in [1.29, 1.82) is 0 Å². The van der Waals surface area contributed by atoms with Crippen molar-refractivity contribution in [2.24, 2.45) is 0 Å². The Morgan fingerprint density at radius 1 is 0.295 bits per heavy atom. The molecule has 0 N–H and O–H groups in total. The van der Waals surface area contributed by atoms with E-state index < -0.39 is 0 Å². The molecule has 0 aliphatic rings. The van der Waals surface area contributed by atoms with E-state index in [4.69, 9.17) is 8.83 Å². The number of hydrogen-bond acceptors (Lipinski definition) is 4. The highest BCUT2D eigenvalue weighted by atomic mass is 16.3. The van der Waals surface area contributed by atoms with Gasteiger partial charge in [-0.2, -0.15) is 0 Å². The van der Waals surface area contributed by atoms with Gasteiger partial charge in [-0.1, -0.05) is 60.7 Å². The van der Waals surface area contributed by atoms with Crippen LogP contribution in [-0.2, 0) is 0 Å². The first kappa shape index (κ1) is 36.8. The molecule has 0 saturated heterocycles. The summed E-state index contributed by atoms with van der Waals surface area (Å²) in [5.41, 5.74) is 18.9. The van der Waals surface area contributed by atoms with Gasteiger partial charge in [-0.25, -0.2) is 0 Å². The fraction of sp³-hybridized carbons (Fsp3) is 0.123. The van der Waals surface area contributed by atoms with Crippen molar-refractivity contribution in [3.8, 4) is 0 Å². The monoisotopic (exact) mass is 790 g/mol. The summed E-state index contributed by atoms with van der Waals surface area (Å²) in [7, 11) is 0. The zero-order chi connectivity index (χ0) is 41.7. The summed E-state index contributed by atoms with van der Waals surface area (Å²) >= 11 is 0. The largest absolute Gasteiger partial charge is 0.456 e. The number of anilines is 6. The Morgan fingerprint density at radius 3 is 1.20 bits per heavy atom. The summed E-state index contributed by atoms with van der Waals surface area (Å²) in [6.07, 6.45) is 0. The molecule has 0 unspecified atom stereocenters. The van der Waals surface area contributed by atoms with E-state index in [0.717, 1.165) is 71.7 Å². The molecule has 4 heteroatoms. The van der Waals surface area contributed by atoms with Crippen molar-refractivity contribution < 1.29 is 8.83 Å². The molecule has 0 fully saturated rings. The fourth-order valence-corrected chi connectivity index (χ4v) is 9.27. The van der Waals surface area contributed by atoms with Crippen LogP contribution in [0.3, 0.4) is 0 Å². The maximum Gasteiger partial charge on any atom is 0.139 e. The lowest BCUT2D eigenvalue weighted by molar-refractivity contribution is 0.656. The molecule has 0 amide bonds. The first-order valence-electron chi connectivity index (χ1n) is 21.1. The second kappa shape index (κ2) is 13.9. The van der Waals surface area contributed by atoms with E-state index in [9.17, 15) is 0 Å². The lowest BCUT2D eigenvalue weighted by Crippen LogP contribution is -2.13. The summed E-state index contributed by atoms with van der Waals surface area (Å²) in [6, 6.07) is 55.6. The second-order valence-electron chi connectivity index (χ2n) is 17.2. The summed E-state index contributed by atoms with van der Waals surface area (Å²) in [6.45, 7) is 15.2. The number of hydrogen-bond donors (Lipinski definition) is 0. The summed E-state index contributed by atoms with van der Waals surface area (Å²) in [5, 5.41) is 8.95. The molecule has 0 radical (unpaired) electrons. The predicted molar refractivity (Wildman–Crippen MR) is 259 cm³/mol. The molecule has 11 rings (SSSR count). The first-order valence-corrected chi connectivity index (χ1v) is 21.1. The third-order valence-corrected chi connectivity index (χ3v) is 12.5. The number of fused-ring (bicyclic) bond motifs is 8. The van der Waals surface area contributed by atoms with Crippen LogP contribution in [0.25, 0.3) is 65.4 Å². The number of furan rings is 2. The van der Waals surface area contributed by atoms with Crippen molar-refractivity contribution in [1.82, 2.24) is 0 Å². The van der Waals surface area contributed by atoms with Gasteiger partial charge in [0.15, 0.2) is 0 Å². The van der Waals surface area contributed by atoms with Crippen LogP contribution in [0.5, 0.6) is 0 Å². The van der Waals surface area contributed by atoms with Crippen LogP contribution in [0.4, 0.5) is 34.1 Å². The minimum absolute atomic E-state index is 0.818. The summed E-state index contributed by atoms with van der Waals surface area (Å²) < 4.78 is 13.3. The van der Waals surface area contributed by atoms with E-state index in [1.54, 1.807) is 0 Å². The molecule has 2 heterocycles. The second-order valence-corrected chi connectivity index (χ2v) is 17.2. The topological polar surface area (TPSA) is 32.8 Å². The normalized spacial score (nSPS) is 11.9. The van der Waals surface area contributed by atoms with Gasteiger partial charge < -0.3 is 18.6 Å². The van der Waals surface area contributed by atoms with Crippen molar-refractivity contribution in [2.45, 2.75) is 48.5 Å². The lowest BCUT2D eigenvalue weighted by Gasteiger charge is -2.29. The van der Waals surface area contributed by atoms with Gasteiger partial charge in [-0.15, -0.1) is 0 Å². The molecule has 0 aliphatic carbocycles. The highest BCUT2D eigenvalue weighted by molar-refractivity contribution is 6.18. The minimum Gasteiger partial charge on any atom is -0.456 e. The first-order chi connectivity index (χ1) is 29.5. The average molecular weight is 791 g/mol. The highest BCUT2D eigenvalue weighted by Gasteiger charge is 2.21. The average Bonchev–Trinajstić information content (AvgIpc) is 3.77. The van der Waals surface area contributed by atoms with Crippen LogP contribution in [0.15, 0.2) is 160 Å². The zero-order valence-corrected chi connectivity index (χ0v) is 35.6. The molecular weight excluding hydrogens is 745 g/mol. The van der Waals surface area contributed by atoms with Crippen molar-refractivity contribution in [3.63, 3.8) is 0 Å². The summed E-state index contributed by atoms with van der Waals surface area (Å²) in [5.74, 6) is 0. The Morgan fingerprint density at radius 2 is 0.705 bits per heavy atom. The van der Waals surface area contributed by atoms with Crippen LogP contribution in [-0.4, -0.2) is 0 Å². The van der Waals surface area contributed by atoms with E-state index in [1.165, 1.54) is 66.8 Å². The number of benzene rings is 9. The Balaban J connectivity index is 1.02. The van der Waals surface area contributed by atoms with Gasteiger partial charge in [0.25, 0.3) is 0 Å². The Kier molecular flexibility index (Phi) is 8.37. The van der Waals surface area contributed by atoms with Crippen molar-refractivity contribution >= 4 is 99.5 Å². The maximum atomic E-state index is 6.65. The van der Waals surface area contributed by atoms with E-state index in [0.29, 0.717) is 0 Å². The van der Waals surface area contributed by atoms with E-state index in [2.05, 4.69) is 210 Å². The van der Waals surface area contributed by atoms with Crippen LogP contribution < -0.4 is 9.80 Å². The van der Waals surface area contributed by atoms with Crippen LogP contribution in [0, 0.1) is 48.5 Å². The Labute approximate surface area is 355 Å². The molecule has 0 aliphatic heterocycles. The molecule has 0 bridgehead atoms. The summed E-state index contributed by atoms with van der Waals surface area (Å²) in [4.78, 5) is 4.77. The van der Waals surface area contributed by atoms with Gasteiger partial charge >= 0.3 is 0 Å². The smallest absolute Gasteiger partial charge is 0.139 e. The third-order valence-electron chi connectivity index (χ3n) is 12.5. The number of nitrogens with zero attached hydrogens (tertiary/aromatic N) is 2. The SMILES string of the molecule is Cc1cccc(N(c2ccc3cc4c(cc3c2)oc2cc3oc5cc6cc(N(c7cc(C)ccc7C)c7cc(C)ccc7C)ccc6cc5c3cc24)c2cc(C)ccc2C)c1. The quantitative estimate of drug-likeness (QED) is 0.168. The van der Waals surface area contributed by atoms with Gasteiger partial charge in [-0.3, -0.25) is 0 Å². The number of rotatable bonds is 6. The van der Waals surface area contributed by atoms with Crippen LogP contribution in [0.1, 0.15) is 38.9 Å². The molecule has 2 aromatic heterocycles. The molecule has 0 spiro atoms. The third kappa shape index (κ3) is 6.21. The molecule has 0 saturated carbocycles. The Hall–Kier alpha value is -7.30. The standard InChI is InChI=1S/C57H46N2O2/c1-33-9-8-10-44(21-33)58(51-22-34(2)11-14-37(51)5)45-19-17-40-27-47-49-31-50-48-28-41-18-20-46(59(52-23-35(3)12-15-38(52)6)53-24-36(4)13-16-39(53)7)26-43(41)30-55(48)61-57(50)32-56(49)60-54(47)29-42(40)25-45/h8-32H,1-7H3. The van der Waals surface area contributed by atoms with Crippen molar-refractivity contribution in [2.75, 3.05) is 9.80 Å². The van der Waals surface area contributed by atoms with Gasteiger partial charge in [0.05, 0.1) is 0 Å². The maximum absolute atomic E-state index is 6.65. The van der Waals surface area contributed by atoms with Crippen LogP contribution >= 0.6 is 0 Å². The molecule has 11 aromatic rings. The molecule has 61 heavy (non-hydrogen) atoms.